The van der Waals surface area contributed by atoms with Crippen molar-refractivity contribution in [1.29, 1.82) is 0 Å². The summed E-state index contributed by atoms with van der Waals surface area (Å²) in [5.41, 5.74) is 3.73. The molecule has 162 valence electrons. The molecule has 1 aromatic carbocycles. The van der Waals surface area contributed by atoms with Gasteiger partial charge in [0.2, 0.25) is 5.75 Å². The zero-order valence-electron chi connectivity index (χ0n) is 18.1. The first-order valence-corrected chi connectivity index (χ1v) is 9.94. The number of fused-ring (bicyclic) bond motifs is 1. The van der Waals surface area contributed by atoms with Crippen molar-refractivity contribution in [3.05, 3.63) is 57.4 Å². The minimum absolute atomic E-state index is 0.142. The molecule has 0 saturated heterocycles. The summed E-state index contributed by atoms with van der Waals surface area (Å²) >= 11 is 0. The van der Waals surface area contributed by atoms with Gasteiger partial charge in [-0.25, -0.2) is 9.97 Å². The largest absolute Gasteiger partial charge is 0.493 e. The van der Waals surface area contributed by atoms with Gasteiger partial charge in [-0.2, -0.15) is 0 Å². The minimum Gasteiger partial charge on any atom is -0.493 e. The van der Waals surface area contributed by atoms with E-state index in [-0.39, 0.29) is 5.56 Å². The van der Waals surface area contributed by atoms with Gasteiger partial charge in [0.25, 0.3) is 5.56 Å². The third-order valence-corrected chi connectivity index (χ3v) is 5.30. The highest BCUT2D eigenvalue weighted by atomic mass is 16.5. The van der Waals surface area contributed by atoms with Gasteiger partial charge in [0.1, 0.15) is 5.69 Å². The van der Waals surface area contributed by atoms with Gasteiger partial charge in [-0.3, -0.25) is 14.7 Å². The van der Waals surface area contributed by atoms with E-state index in [1.54, 1.807) is 33.7 Å². The topological polar surface area (TPSA) is 102 Å². The summed E-state index contributed by atoms with van der Waals surface area (Å²) in [6.07, 6.45) is 3.96. The van der Waals surface area contributed by atoms with Crippen LogP contribution in [0, 0.1) is 6.92 Å². The van der Waals surface area contributed by atoms with E-state index in [9.17, 15) is 4.79 Å². The van der Waals surface area contributed by atoms with Crippen molar-refractivity contribution in [2.24, 2.45) is 0 Å². The number of benzene rings is 1. The second-order valence-electron chi connectivity index (χ2n) is 7.38. The Bertz CT molecular complexity index is 1120. The predicted octanol–water partition coefficient (Wildman–Crippen LogP) is 2.12. The monoisotopic (exact) mass is 423 g/mol. The molecular weight excluding hydrogens is 398 g/mol. The maximum atomic E-state index is 12.8. The van der Waals surface area contributed by atoms with Crippen molar-refractivity contribution in [2.75, 3.05) is 27.9 Å². The van der Waals surface area contributed by atoms with Crippen LogP contribution in [0.2, 0.25) is 0 Å². The molecule has 0 saturated carbocycles. The van der Waals surface area contributed by atoms with E-state index in [1.807, 2.05) is 19.1 Å². The highest BCUT2D eigenvalue weighted by Crippen LogP contribution is 2.38. The number of aromatic nitrogens is 4. The molecule has 0 radical (unpaired) electrons. The number of ether oxygens (including phenoxy) is 3. The molecule has 3 aromatic rings. The van der Waals surface area contributed by atoms with Crippen LogP contribution in [-0.2, 0) is 19.5 Å². The first-order chi connectivity index (χ1) is 15.0. The smallest absolute Gasteiger partial charge is 0.255 e. The van der Waals surface area contributed by atoms with E-state index in [2.05, 4.69) is 24.8 Å². The fraction of sp³-hybridized carbons (Fsp3) is 0.364. The van der Waals surface area contributed by atoms with Crippen molar-refractivity contribution in [3.8, 4) is 28.8 Å². The van der Waals surface area contributed by atoms with Crippen LogP contribution in [-0.4, -0.2) is 52.7 Å². The van der Waals surface area contributed by atoms with E-state index in [0.29, 0.717) is 53.8 Å². The summed E-state index contributed by atoms with van der Waals surface area (Å²) in [4.78, 5) is 31.0. The van der Waals surface area contributed by atoms with Gasteiger partial charge in [-0.15, -0.1) is 0 Å². The summed E-state index contributed by atoms with van der Waals surface area (Å²) in [6.45, 7) is 3.79. The normalized spacial score (nSPS) is 13.5. The van der Waals surface area contributed by atoms with Gasteiger partial charge in [0.15, 0.2) is 17.3 Å². The summed E-state index contributed by atoms with van der Waals surface area (Å²) in [5.74, 6) is 2.23. The molecule has 4 rings (SSSR count). The number of aryl methyl sites for hydroxylation is 1. The Labute approximate surface area is 180 Å². The number of rotatable bonds is 6. The maximum Gasteiger partial charge on any atom is 0.255 e. The zero-order chi connectivity index (χ0) is 22.0. The van der Waals surface area contributed by atoms with E-state index in [1.165, 1.54) is 0 Å². The Kier molecular flexibility index (Phi) is 5.85. The standard InChI is InChI=1S/C22H25N5O4/c1-13-9-24-17(10-23-13)21-25-16-5-6-27(12-15(16)22(28)26-21)11-14-7-18(29-2)20(31-4)19(8-14)30-3/h7-10H,5-6,11-12H2,1-4H3,(H,25,26,28). The lowest BCUT2D eigenvalue weighted by Gasteiger charge is -2.28. The lowest BCUT2D eigenvalue weighted by atomic mass is 10.1. The van der Waals surface area contributed by atoms with Crippen molar-refractivity contribution in [2.45, 2.75) is 26.4 Å². The van der Waals surface area contributed by atoms with Crippen molar-refractivity contribution >= 4 is 0 Å². The number of nitrogens with zero attached hydrogens (tertiary/aromatic N) is 4. The molecule has 0 aliphatic carbocycles. The van der Waals surface area contributed by atoms with Crippen LogP contribution < -0.4 is 19.8 Å². The van der Waals surface area contributed by atoms with Gasteiger partial charge in [-0.1, -0.05) is 0 Å². The van der Waals surface area contributed by atoms with Gasteiger partial charge < -0.3 is 19.2 Å². The van der Waals surface area contributed by atoms with E-state index >= 15 is 0 Å². The van der Waals surface area contributed by atoms with Crippen LogP contribution in [0.3, 0.4) is 0 Å². The number of nitrogens with one attached hydrogen (secondary N) is 1. The Hall–Kier alpha value is -3.46. The molecule has 0 atom stereocenters. The first-order valence-electron chi connectivity index (χ1n) is 9.94. The fourth-order valence-electron chi connectivity index (χ4n) is 3.74. The van der Waals surface area contributed by atoms with Gasteiger partial charge in [0.05, 0.1) is 44.5 Å². The average Bonchev–Trinajstić information content (AvgIpc) is 2.79. The van der Waals surface area contributed by atoms with Gasteiger partial charge in [0, 0.05) is 32.3 Å². The van der Waals surface area contributed by atoms with Crippen molar-refractivity contribution < 1.29 is 14.2 Å². The number of aromatic amines is 1. The molecule has 0 amide bonds. The quantitative estimate of drug-likeness (QED) is 0.643. The number of hydrogen-bond acceptors (Lipinski definition) is 8. The SMILES string of the molecule is COc1cc(CN2CCc3nc(-c4cnc(C)cn4)[nH]c(=O)c3C2)cc(OC)c1OC. The zero-order valence-corrected chi connectivity index (χ0v) is 18.1. The molecule has 2 aromatic heterocycles. The van der Waals surface area contributed by atoms with Crippen LogP contribution in [0.5, 0.6) is 17.2 Å². The summed E-state index contributed by atoms with van der Waals surface area (Å²) in [7, 11) is 4.77. The van der Waals surface area contributed by atoms with E-state index in [4.69, 9.17) is 14.2 Å². The lowest BCUT2D eigenvalue weighted by molar-refractivity contribution is 0.240. The molecule has 9 heteroatoms. The number of hydrogen-bond donors (Lipinski definition) is 1. The molecule has 31 heavy (non-hydrogen) atoms. The third-order valence-electron chi connectivity index (χ3n) is 5.30. The van der Waals surface area contributed by atoms with Crippen LogP contribution in [0.15, 0.2) is 29.3 Å². The molecule has 0 spiro atoms. The summed E-state index contributed by atoms with van der Waals surface area (Å²) in [6, 6.07) is 3.86. The van der Waals surface area contributed by atoms with Crippen molar-refractivity contribution in [3.63, 3.8) is 0 Å². The minimum atomic E-state index is -0.142. The van der Waals surface area contributed by atoms with E-state index in [0.717, 1.165) is 23.5 Å². The highest BCUT2D eigenvalue weighted by Gasteiger charge is 2.23. The Balaban J connectivity index is 1.57. The molecule has 3 heterocycles. The fourth-order valence-corrected chi connectivity index (χ4v) is 3.74. The highest BCUT2D eigenvalue weighted by molar-refractivity contribution is 5.54. The number of methoxy groups -OCH3 is 3. The van der Waals surface area contributed by atoms with Crippen LogP contribution >= 0.6 is 0 Å². The Morgan fingerprint density at radius 2 is 1.81 bits per heavy atom. The second-order valence-corrected chi connectivity index (χ2v) is 7.38. The molecule has 0 unspecified atom stereocenters. The molecule has 0 bridgehead atoms. The molecule has 1 aliphatic heterocycles. The van der Waals surface area contributed by atoms with Gasteiger partial charge >= 0.3 is 0 Å². The molecular formula is C22H25N5O4. The third kappa shape index (κ3) is 4.22. The van der Waals surface area contributed by atoms with Gasteiger partial charge in [-0.05, 0) is 24.6 Å². The number of H-pyrrole nitrogens is 1. The van der Waals surface area contributed by atoms with Crippen molar-refractivity contribution in [1.82, 2.24) is 24.8 Å². The van der Waals surface area contributed by atoms with E-state index < -0.39 is 0 Å². The summed E-state index contributed by atoms with van der Waals surface area (Å²) in [5, 5.41) is 0. The first kappa shape index (κ1) is 20.8. The van der Waals surface area contributed by atoms with Crippen LogP contribution in [0.4, 0.5) is 0 Å². The molecule has 9 nitrogen and oxygen atoms in total. The molecule has 0 fully saturated rings. The summed E-state index contributed by atoms with van der Waals surface area (Å²) < 4.78 is 16.3. The maximum absolute atomic E-state index is 12.8. The second kappa shape index (κ2) is 8.73. The predicted molar refractivity (Wildman–Crippen MR) is 115 cm³/mol. The van der Waals surface area contributed by atoms with Crippen LogP contribution in [0.25, 0.3) is 11.5 Å². The average molecular weight is 423 g/mol. The molecule has 1 aliphatic rings. The lowest BCUT2D eigenvalue weighted by Crippen LogP contribution is -2.35. The Morgan fingerprint density at radius 1 is 1.06 bits per heavy atom. The Morgan fingerprint density at radius 3 is 2.42 bits per heavy atom. The van der Waals surface area contributed by atoms with Crippen LogP contribution in [0.1, 0.15) is 22.5 Å². The molecule has 1 N–H and O–H groups in total.